The average Bonchev–Trinajstić information content (AvgIpc) is 3.39. The number of nitrogens with one attached hydrogen (secondary N) is 4. The summed E-state index contributed by atoms with van der Waals surface area (Å²) in [6, 6.07) is 12.7. The summed E-state index contributed by atoms with van der Waals surface area (Å²) in [6.45, 7) is 0.295. The van der Waals surface area contributed by atoms with Gasteiger partial charge in [0.2, 0.25) is 17.7 Å². The van der Waals surface area contributed by atoms with Crippen molar-refractivity contribution in [1.82, 2.24) is 21.3 Å². The molecule has 2 aromatic carbocycles. The highest BCUT2D eigenvalue weighted by Gasteiger charge is 2.28. The molecule has 6 N–H and O–H groups in total. The molecule has 10 nitrogen and oxygen atoms in total. The van der Waals surface area contributed by atoms with Crippen LogP contribution in [0.3, 0.4) is 0 Å². The maximum Gasteiger partial charge on any atom is 0.326 e. The zero-order chi connectivity index (χ0) is 25.2. The van der Waals surface area contributed by atoms with Gasteiger partial charge in [0.1, 0.15) is 17.8 Å². The van der Waals surface area contributed by atoms with Gasteiger partial charge in [0.15, 0.2) is 0 Å². The Morgan fingerprint density at radius 3 is 2.20 bits per heavy atom. The quantitative estimate of drug-likeness (QED) is 0.265. The zero-order valence-corrected chi connectivity index (χ0v) is 19.2. The van der Waals surface area contributed by atoms with Crippen LogP contribution >= 0.6 is 0 Å². The van der Waals surface area contributed by atoms with Gasteiger partial charge < -0.3 is 31.5 Å². The van der Waals surface area contributed by atoms with E-state index in [1.54, 1.807) is 12.1 Å². The molecule has 3 rings (SSSR count). The van der Waals surface area contributed by atoms with E-state index >= 15 is 0 Å². The van der Waals surface area contributed by atoms with Gasteiger partial charge in [0.25, 0.3) is 0 Å². The molecule has 1 aliphatic rings. The Morgan fingerprint density at radius 1 is 0.914 bits per heavy atom. The molecule has 2 aromatic rings. The van der Waals surface area contributed by atoms with Crippen molar-refractivity contribution in [3.05, 3.63) is 65.7 Å². The lowest BCUT2D eigenvalue weighted by molar-refractivity contribution is -0.141. The SMILES string of the molecule is O=C(CNC(=O)C(Cc1ccccc1)NC(=O)C1CCCN1)NC(Cc1ccc(O)cc1)C(=O)O. The number of hydrogen-bond donors (Lipinski definition) is 6. The molecule has 0 aromatic heterocycles. The fourth-order valence-corrected chi connectivity index (χ4v) is 3.84. The van der Waals surface area contributed by atoms with Gasteiger partial charge in [-0.05, 0) is 42.6 Å². The first-order valence-electron chi connectivity index (χ1n) is 11.5. The minimum absolute atomic E-state index is 0.0103. The van der Waals surface area contributed by atoms with Crippen LogP contribution in [0.15, 0.2) is 54.6 Å². The number of phenolic OH excluding ortho intramolecular Hbond substituents is 1. The van der Waals surface area contributed by atoms with Crippen LogP contribution in [0.1, 0.15) is 24.0 Å². The first-order valence-corrected chi connectivity index (χ1v) is 11.5. The van der Waals surface area contributed by atoms with E-state index in [2.05, 4.69) is 21.3 Å². The molecule has 1 heterocycles. The van der Waals surface area contributed by atoms with Gasteiger partial charge in [0.05, 0.1) is 12.6 Å². The van der Waals surface area contributed by atoms with E-state index in [1.807, 2.05) is 30.3 Å². The van der Waals surface area contributed by atoms with Crippen LogP contribution in [0.2, 0.25) is 0 Å². The summed E-state index contributed by atoms with van der Waals surface area (Å²) in [4.78, 5) is 49.5. The third kappa shape index (κ3) is 8.11. The zero-order valence-electron chi connectivity index (χ0n) is 19.2. The van der Waals surface area contributed by atoms with E-state index in [1.165, 1.54) is 12.1 Å². The Balaban J connectivity index is 1.57. The van der Waals surface area contributed by atoms with Gasteiger partial charge >= 0.3 is 5.97 Å². The van der Waals surface area contributed by atoms with Gasteiger partial charge in [-0.25, -0.2) is 4.79 Å². The molecule has 3 atom stereocenters. The molecular weight excluding hydrogens is 452 g/mol. The maximum absolute atomic E-state index is 12.9. The lowest BCUT2D eigenvalue weighted by Gasteiger charge is -2.21. The second kappa shape index (κ2) is 12.5. The van der Waals surface area contributed by atoms with Gasteiger partial charge in [-0.1, -0.05) is 42.5 Å². The van der Waals surface area contributed by atoms with Crippen LogP contribution in [0, 0.1) is 0 Å². The Labute approximate surface area is 203 Å². The normalized spacial score (nSPS) is 16.6. The monoisotopic (exact) mass is 482 g/mol. The van der Waals surface area contributed by atoms with Crippen LogP contribution in [0.4, 0.5) is 0 Å². The Kier molecular flexibility index (Phi) is 9.19. The highest BCUT2D eigenvalue weighted by molar-refractivity contribution is 5.93. The minimum atomic E-state index is -1.23. The number of rotatable bonds is 11. The predicted octanol–water partition coefficient (Wildman–Crippen LogP) is 0.0998. The molecule has 1 fully saturated rings. The maximum atomic E-state index is 12.9. The van der Waals surface area contributed by atoms with Crippen molar-refractivity contribution in [2.75, 3.05) is 13.1 Å². The summed E-state index contributed by atoms with van der Waals surface area (Å²) < 4.78 is 0. The van der Waals surface area contributed by atoms with E-state index in [-0.39, 0.29) is 30.5 Å². The Bertz CT molecular complexity index is 1020. The first kappa shape index (κ1) is 25.7. The van der Waals surface area contributed by atoms with E-state index < -0.39 is 36.4 Å². The standard InChI is InChI=1S/C25H30N4O6/c30-18-10-8-17(9-11-18)14-21(25(34)35)28-22(31)15-27-23(32)20(13-16-5-2-1-3-6-16)29-24(33)19-7-4-12-26-19/h1-3,5-6,8-11,19-21,26,30H,4,7,12-15H2,(H,27,32)(H,28,31)(H,29,33)(H,34,35). The van der Waals surface area contributed by atoms with Gasteiger partial charge in [-0.15, -0.1) is 0 Å². The number of phenols is 1. The molecule has 10 heteroatoms. The highest BCUT2D eigenvalue weighted by Crippen LogP contribution is 2.12. The fourth-order valence-electron chi connectivity index (χ4n) is 3.84. The number of amides is 3. The van der Waals surface area contributed by atoms with Crippen molar-refractivity contribution in [2.45, 2.75) is 43.8 Å². The summed E-state index contributed by atoms with van der Waals surface area (Å²) in [5, 5.41) is 29.6. The van der Waals surface area contributed by atoms with Crippen molar-refractivity contribution in [2.24, 2.45) is 0 Å². The number of hydrogen-bond acceptors (Lipinski definition) is 6. The van der Waals surface area contributed by atoms with Crippen molar-refractivity contribution < 1.29 is 29.4 Å². The largest absolute Gasteiger partial charge is 0.508 e. The fraction of sp³-hybridized carbons (Fsp3) is 0.360. The van der Waals surface area contributed by atoms with E-state index in [9.17, 15) is 29.4 Å². The molecule has 3 unspecified atom stereocenters. The van der Waals surface area contributed by atoms with Crippen molar-refractivity contribution in [1.29, 1.82) is 0 Å². The van der Waals surface area contributed by atoms with E-state index in [0.717, 1.165) is 18.5 Å². The summed E-state index contributed by atoms with van der Waals surface area (Å²) in [5.74, 6) is -2.67. The summed E-state index contributed by atoms with van der Waals surface area (Å²) in [5.41, 5.74) is 1.46. The molecule has 35 heavy (non-hydrogen) atoms. The predicted molar refractivity (Wildman–Crippen MR) is 127 cm³/mol. The molecule has 0 bridgehead atoms. The van der Waals surface area contributed by atoms with Crippen molar-refractivity contribution >= 4 is 23.7 Å². The van der Waals surface area contributed by atoms with Crippen LogP contribution < -0.4 is 21.3 Å². The van der Waals surface area contributed by atoms with Gasteiger partial charge in [-0.2, -0.15) is 0 Å². The summed E-state index contributed by atoms with van der Waals surface area (Å²) >= 11 is 0. The van der Waals surface area contributed by atoms with E-state index in [4.69, 9.17) is 0 Å². The van der Waals surface area contributed by atoms with Crippen LogP contribution in [-0.4, -0.2) is 65.1 Å². The van der Waals surface area contributed by atoms with E-state index in [0.29, 0.717) is 12.0 Å². The first-order chi connectivity index (χ1) is 16.8. The Hall–Kier alpha value is -3.92. The molecule has 0 spiro atoms. The number of carbonyl (C=O) groups is 4. The number of aromatic hydroxyl groups is 1. The summed E-state index contributed by atoms with van der Waals surface area (Å²) in [7, 11) is 0. The average molecular weight is 483 g/mol. The molecule has 186 valence electrons. The van der Waals surface area contributed by atoms with Crippen molar-refractivity contribution in [3.63, 3.8) is 0 Å². The third-order valence-electron chi connectivity index (χ3n) is 5.73. The molecular formula is C25H30N4O6. The third-order valence-corrected chi connectivity index (χ3v) is 5.73. The number of carboxylic acids is 1. The molecule has 0 saturated carbocycles. The van der Waals surface area contributed by atoms with Crippen molar-refractivity contribution in [3.8, 4) is 5.75 Å². The molecule has 0 aliphatic carbocycles. The lowest BCUT2D eigenvalue weighted by atomic mass is 10.0. The molecule has 1 aliphatic heterocycles. The summed E-state index contributed by atoms with van der Waals surface area (Å²) in [6.07, 6.45) is 1.82. The topological polar surface area (TPSA) is 157 Å². The number of carbonyl (C=O) groups excluding carboxylic acids is 3. The Morgan fingerprint density at radius 2 is 1.57 bits per heavy atom. The van der Waals surface area contributed by atoms with Gasteiger partial charge in [-0.3, -0.25) is 14.4 Å². The molecule has 0 radical (unpaired) electrons. The molecule has 3 amide bonds. The smallest absolute Gasteiger partial charge is 0.326 e. The van der Waals surface area contributed by atoms with Crippen LogP contribution in [0.25, 0.3) is 0 Å². The van der Waals surface area contributed by atoms with Crippen LogP contribution in [0.5, 0.6) is 5.75 Å². The van der Waals surface area contributed by atoms with Gasteiger partial charge in [0, 0.05) is 12.8 Å². The number of benzene rings is 2. The molecule has 1 saturated heterocycles. The highest BCUT2D eigenvalue weighted by atomic mass is 16.4. The van der Waals surface area contributed by atoms with Crippen LogP contribution in [-0.2, 0) is 32.0 Å². The number of aliphatic carboxylic acids is 1. The minimum Gasteiger partial charge on any atom is -0.508 e. The number of carboxylic acid groups (broad SMARTS) is 1. The second-order valence-corrected chi connectivity index (χ2v) is 8.45. The lowest BCUT2D eigenvalue weighted by Crippen LogP contribution is -2.54. The second-order valence-electron chi connectivity index (χ2n) is 8.45.